The van der Waals surface area contributed by atoms with Gasteiger partial charge in [-0.05, 0) is 64.2 Å². The standard InChI is InChI=1S/C36H64O5/c1-4-7-10-12-13-14-15-16-17-18-19-20-21-22-25-28-35(38)40-31-34(30-37)32-41-36(39)29-33(26-23-9-6-3)27-24-11-8-5-2/h13-14,16-17,29,34,37H,4-12,15,18-28,30-32H2,1-3H3/b14-13-,17-16-,33-29+. The molecule has 0 aromatic carbocycles. The van der Waals surface area contributed by atoms with E-state index in [1.807, 2.05) is 0 Å². The van der Waals surface area contributed by atoms with Crippen molar-refractivity contribution in [1.29, 1.82) is 0 Å². The molecule has 41 heavy (non-hydrogen) atoms. The minimum Gasteiger partial charge on any atom is -0.465 e. The summed E-state index contributed by atoms with van der Waals surface area (Å²) in [6.07, 6.45) is 33.7. The number of esters is 2. The first-order valence-corrected chi connectivity index (χ1v) is 17.0. The quantitative estimate of drug-likeness (QED) is 0.0415. The summed E-state index contributed by atoms with van der Waals surface area (Å²) in [5, 5.41) is 9.65. The molecule has 0 fully saturated rings. The van der Waals surface area contributed by atoms with E-state index >= 15 is 0 Å². The summed E-state index contributed by atoms with van der Waals surface area (Å²) >= 11 is 0. The summed E-state index contributed by atoms with van der Waals surface area (Å²) in [6.45, 7) is 6.56. The van der Waals surface area contributed by atoms with E-state index in [1.165, 1.54) is 57.8 Å². The van der Waals surface area contributed by atoms with E-state index in [-0.39, 0.29) is 31.8 Å². The van der Waals surface area contributed by atoms with Gasteiger partial charge in [-0.3, -0.25) is 4.79 Å². The van der Waals surface area contributed by atoms with Crippen molar-refractivity contribution in [3.63, 3.8) is 0 Å². The maximum absolute atomic E-state index is 12.4. The van der Waals surface area contributed by atoms with Gasteiger partial charge in [-0.1, -0.05) is 115 Å². The SMILES string of the molecule is CCCCC/C=C\C/C=C\CCCCCCCC(=O)OCC(CO)COC(=O)/C=C(\CCCCC)CCCCCC. The third-order valence-electron chi connectivity index (χ3n) is 7.31. The van der Waals surface area contributed by atoms with Gasteiger partial charge in [0.25, 0.3) is 0 Å². The molecule has 0 aromatic rings. The molecule has 0 radical (unpaired) electrons. The summed E-state index contributed by atoms with van der Waals surface area (Å²) in [5.41, 5.74) is 1.16. The molecule has 0 aliphatic heterocycles. The van der Waals surface area contributed by atoms with E-state index in [2.05, 4.69) is 45.1 Å². The topological polar surface area (TPSA) is 72.8 Å². The molecule has 0 bridgehead atoms. The smallest absolute Gasteiger partial charge is 0.330 e. The summed E-state index contributed by atoms with van der Waals surface area (Å²) in [4.78, 5) is 24.5. The van der Waals surface area contributed by atoms with Gasteiger partial charge < -0.3 is 14.6 Å². The van der Waals surface area contributed by atoms with Crippen molar-refractivity contribution < 1.29 is 24.2 Å². The third-order valence-corrected chi connectivity index (χ3v) is 7.31. The Morgan fingerprint density at radius 1 is 0.610 bits per heavy atom. The molecule has 0 amide bonds. The molecule has 238 valence electrons. The van der Waals surface area contributed by atoms with Crippen molar-refractivity contribution >= 4 is 11.9 Å². The van der Waals surface area contributed by atoms with Crippen molar-refractivity contribution in [1.82, 2.24) is 0 Å². The normalized spacial score (nSPS) is 12.8. The fourth-order valence-electron chi connectivity index (χ4n) is 4.58. The van der Waals surface area contributed by atoms with Gasteiger partial charge in [0, 0.05) is 12.5 Å². The highest BCUT2D eigenvalue weighted by atomic mass is 16.5. The molecule has 0 saturated heterocycles. The van der Waals surface area contributed by atoms with Crippen LogP contribution in [0.3, 0.4) is 0 Å². The zero-order valence-electron chi connectivity index (χ0n) is 27.0. The largest absolute Gasteiger partial charge is 0.465 e. The number of aliphatic hydroxyl groups excluding tert-OH is 1. The molecule has 1 atom stereocenters. The van der Waals surface area contributed by atoms with Gasteiger partial charge in [-0.15, -0.1) is 0 Å². The van der Waals surface area contributed by atoms with Gasteiger partial charge >= 0.3 is 11.9 Å². The van der Waals surface area contributed by atoms with Gasteiger partial charge in [0.1, 0.15) is 0 Å². The maximum atomic E-state index is 12.4. The summed E-state index contributed by atoms with van der Waals surface area (Å²) in [5.74, 6) is -0.999. The maximum Gasteiger partial charge on any atom is 0.330 e. The van der Waals surface area contributed by atoms with E-state index in [9.17, 15) is 14.7 Å². The Balaban J connectivity index is 4.01. The Morgan fingerprint density at radius 3 is 1.76 bits per heavy atom. The number of unbranched alkanes of at least 4 members (excludes halogenated alkanes) is 13. The molecule has 0 saturated carbocycles. The summed E-state index contributed by atoms with van der Waals surface area (Å²) in [6, 6.07) is 0. The zero-order valence-corrected chi connectivity index (χ0v) is 27.0. The molecule has 1 unspecified atom stereocenters. The van der Waals surface area contributed by atoms with E-state index in [0.717, 1.165) is 76.2 Å². The lowest BCUT2D eigenvalue weighted by Crippen LogP contribution is -2.23. The number of carbonyl (C=O) groups is 2. The third kappa shape index (κ3) is 28.0. The van der Waals surface area contributed by atoms with E-state index in [0.29, 0.717) is 6.42 Å². The van der Waals surface area contributed by atoms with E-state index in [4.69, 9.17) is 9.47 Å². The molecule has 5 nitrogen and oxygen atoms in total. The Morgan fingerprint density at radius 2 is 1.10 bits per heavy atom. The van der Waals surface area contributed by atoms with Crippen molar-refractivity contribution in [2.45, 2.75) is 156 Å². The highest BCUT2D eigenvalue weighted by molar-refractivity contribution is 5.82. The van der Waals surface area contributed by atoms with Crippen LogP contribution in [-0.4, -0.2) is 36.9 Å². The van der Waals surface area contributed by atoms with Gasteiger partial charge in [0.05, 0.1) is 25.7 Å². The molecule has 5 heteroatoms. The summed E-state index contributed by atoms with van der Waals surface area (Å²) in [7, 11) is 0. The lowest BCUT2D eigenvalue weighted by molar-refractivity contribution is -0.147. The fraction of sp³-hybridized carbons (Fsp3) is 0.778. The van der Waals surface area contributed by atoms with E-state index < -0.39 is 5.92 Å². The molecule has 1 N–H and O–H groups in total. The molecule has 0 aliphatic carbocycles. The van der Waals surface area contributed by atoms with Crippen LogP contribution in [0.1, 0.15) is 156 Å². The van der Waals surface area contributed by atoms with E-state index in [1.54, 1.807) is 6.08 Å². The van der Waals surface area contributed by atoms with Crippen LogP contribution in [-0.2, 0) is 19.1 Å². The van der Waals surface area contributed by atoms with Crippen LogP contribution in [0, 0.1) is 5.92 Å². The van der Waals surface area contributed by atoms with Crippen LogP contribution in [0.15, 0.2) is 36.0 Å². The van der Waals surface area contributed by atoms with Crippen molar-refractivity contribution in [2.75, 3.05) is 19.8 Å². The minimum absolute atomic E-state index is 0.0564. The first-order chi connectivity index (χ1) is 20.1. The predicted octanol–water partition coefficient (Wildman–Crippen LogP) is 9.97. The second-order valence-corrected chi connectivity index (χ2v) is 11.4. The van der Waals surface area contributed by atoms with Gasteiger partial charge in [0.2, 0.25) is 0 Å². The van der Waals surface area contributed by atoms with Crippen molar-refractivity contribution in [3.8, 4) is 0 Å². The first-order valence-electron chi connectivity index (χ1n) is 17.0. The minimum atomic E-state index is -0.394. The highest BCUT2D eigenvalue weighted by Crippen LogP contribution is 2.17. The monoisotopic (exact) mass is 576 g/mol. The Labute approximate surface area is 253 Å². The molecule has 0 spiro atoms. The number of allylic oxidation sites excluding steroid dienone is 5. The van der Waals surface area contributed by atoms with Crippen LogP contribution in [0.5, 0.6) is 0 Å². The Kier molecular flexibility index (Phi) is 29.6. The molecular formula is C36H64O5. The molecule has 0 aliphatic rings. The predicted molar refractivity (Wildman–Crippen MR) is 173 cm³/mol. The molecular weight excluding hydrogens is 512 g/mol. The zero-order chi connectivity index (χ0) is 30.2. The Hall–Kier alpha value is -1.88. The number of ether oxygens (including phenoxy) is 2. The number of rotatable bonds is 29. The molecule has 0 heterocycles. The number of hydrogen-bond acceptors (Lipinski definition) is 5. The van der Waals surface area contributed by atoms with Gasteiger partial charge in [-0.25, -0.2) is 4.79 Å². The van der Waals surface area contributed by atoms with Crippen LogP contribution in [0.25, 0.3) is 0 Å². The highest BCUT2D eigenvalue weighted by Gasteiger charge is 2.14. The number of hydrogen-bond donors (Lipinski definition) is 1. The second-order valence-electron chi connectivity index (χ2n) is 11.4. The van der Waals surface area contributed by atoms with Crippen LogP contribution >= 0.6 is 0 Å². The number of aliphatic hydroxyl groups is 1. The Bertz CT molecular complexity index is 694. The van der Waals surface area contributed by atoms with Crippen molar-refractivity contribution in [2.24, 2.45) is 5.92 Å². The van der Waals surface area contributed by atoms with Crippen molar-refractivity contribution in [3.05, 3.63) is 36.0 Å². The average Bonchev–Trinajstić information content (AvgIpc) is 2.97. The second kappa shape index (κ2) is 31.1. The van der Waals surface area contributed by atoms with Crippen LogP contribution < -0.4 is 0 Å². The van der Waals surface area contributed by atoms with Gasteiger partial charge in [-0.2, -0.15) is 0 Å². The van der Waals surface area contributed by atoms with Gasteiger partial charge in [0.15, 0.2) is 0 Å². The lowest BCUT2D eigenvalue weighted by Gasteiger charge is -2.15. The summed E-state index contributed by atoms with van der Waals surface area (Å²) < 4.78 is 10.8. The van der Waals surface area contributed by atoms with Crippen LogP contribution in [0.4, 0.5) is 0 Å². The fourth-order valence-corrected chi connectivity index (χ4v) is 4.58. The van der Waals surface area contributed by atoms with Crippen LogP contribution in [0.2, 0.25) is 0 Å². The lowest BCUT2D eigenvalue weighted by atomic mass is 10.0. The molecule has 0 rings (SSSR count). The molecule has 0 aromatic heterocycles. The first kappa shape index (κ1) is 39.1. The average molecular weight is 577 g/mol. The number of carbonyl (C=O) groups excluding carboxylic acids is 2.